The molecule has 3 N–H and O–H groups in total. The van der Waals surface area contributed by atoms with Gasteiger partial charge < -0.3 is 10.4 Å². The molecular formula is C21H32N6O4S. The van der Waals surface area contributed by atoms with E-state index < -0.39 is 10.2 Å². The molecule has 1 saturated carbocycles. The Balaban J connectivity index is 1.62. The van der Waals surface area contributed by atoms with E-state index >= 15 is 0 Å². The van der Waals surface area contributed by atoms with Crippen LogP contribution in [0.5, 0.6) is 0 Å². The first kappa shape index (κ1) is 23.1. The molecule has 0 unspecified atom stereocenters. The molecule has 2 aliphatic rings. The van der Waals surface area contributed by atoms with Gasteiger partial charge in [-0.15, -0.1) is 0 Å². The van der Waals surface area contributed by atoms with E-state index in [2.05, 4.69) is 21.9 Å². The molecule has 3 heterocycles. The van der Waals surface area contributed by atoms with Crippen LogP contribution in [0.3, 0.4) is 0 Å². The maximum absolute atomic E-state index is 13.3. The number of pyridine rings is 1. The minimum absolute atomic E-state index is 0.0509. The van der Waals surface area contributed by atoms with Crippen LogP contribution in [-0.2, 0) is 16.6 Å². The van der Waals surface area contributed by atoms with Crippen molar-refractivity contribution in [3.8, 4) is 0 Å². The number of nitrogens with one attached hydrogen (secondary N) is 2. The Morgan fingerprint density at radius 1 is 1.22 bits per heavy atom. The van der Waals surface area contributed by atoms with Crippen molar-refractivity contribution in [1.82, 2.24) is 23.6 Å². The minimum Gasteiger partial charge on any atom is -0.396 e. The number of anilines is 1. The van der Waals surface area contributed by atoms with Crippen LogP contribution in [0.2, 0.25) is 0 Å². The van der Waals surface area contributed by atoms with Crippen molar-refractivity contribution in [2.24, 2.45) is 5.92 Å². The molecule has 11 heteroatoms. The van der Waals surface area contributed by atoms with Crippen LogP contribution < -0.4 is 15.6 Å². The van der Waals surface area contributed by atoms with Crippen LogP contribution in [-0.4, -0.2) is 65.2 Å². The van der Waals surface area contributed by atoms with Gasteiger partial charge in [0, 0.05) is 62.4 Å². The smallest absolute Gasteiger partial charge is 0.279 e. The molecule has 2 atom stereocenters. The summed E-state index contributed by atoms with van der Waals surface area (Å²) in [5, 5.41) is 13.5. The maximum Gasteiger partial charge on any atom is 0.279 e. The molecule has 176 valence electrons. The topological polar surface area (TPSA) is 129 Å². The molecule has 0 bridgehead atoms. The van der Waals surface area contributed by atoms with Crippen molar-refractivity contribution in [1.29, 1.82) is 0 Å². The van der Waals surface area contributed by atoms with Gasteiger partial charge in [-0.3, -0.25) is 9.36 Å². The van der Waals surface area contributed by atoms with E-state index in [4.69, 9.17) is 4.98 Å². The number of aliphatic hydroxyl groups excluding tert-OH is 1. The number of nitrogens with zero attached hydrogens (tertiary/aromatic N) is 4. The molecular weight excluding hydrogens is 432 g/mol. The van der Waals surface area contributed by atoms with Crippen molar-refractivity contribution in [3.63, 3.8) is 0 Å². The molecule has 0 radical (unpaired) electrons. The zero-order valence-electron chi connectivity index (χ0n) is 18.6. The molecule has 0 amide bonds. The molecule has 2 fully saturated rings. The number of fused-ring (bicyclic) bond motifs is 1. The van der Waals surface area contributed by atoms with Crippen LogP contribution >= 0.6 is 0 Å². The zero-order valence-corrected chi connectivity index (χ0v) is 19.4. The first-order valence-electron chi connectivity index (χ1n) is 11.3. The van der Waals surface area contributed by atoms with Crippen LogP contribution in [0.15, 0.2) is 17.1 Å². The molecule has 32 heavy (non-hydrogen) atoms. The summed E-state index contributed by atoms with van der Waals surface area (Å²) in [6.45, 7) is 2.93. The molecule has 0 aromatic carbocycles. The van der Waals surface area contributed by atoms with Gasteiger partial charge in [-0.1, -0.05) is 13.3 Å². The van der Waals surface area contributed by atoms with Gasteiger partial charge in [0.25, 0.3) is 15.8 Å². The Labute approximate surface area is 188 Å². The fourth-order valence-electron chi connectivity index (χ4n) is 4.92. The summed E-state index contributed by atoms with van der Waals surface area (Å²) in [4.78, 5) is 22.5. The highest BCUT2D eigenvalue weighted by molar-refractivity contribution is 7.87. The summed E-state index contributed by atoms with van der Waals surface area (Å²) in [6.07, 6.45) is 6.41. The third kappa shape index (κ3) is 4.52. The van der Waals surface area contributed by atoms with Crippen molar-refractivity contribution in [2.45, 2.75) is 57.5 Å². The maximum atomic E-state index is 13.3. The van der Waals surface area contributed by atoms with Crippen LogP contribution in [0.25, 0.3) is 11.0 Å². The van der Waals surface area contributed by atoms with E-state index in [1.165, 1.54) is 11.4 Å². The first-order valence-corrected chi connectivity index (χ1v) is 12.7. The van der Waals surface area contributed by atoms with Gasteiger partial charge in [0.1, 0.15) is 5.65 Å². The fraction of sp³-hybridized carbons (Fsp3) is 0.667. The summed E-state index contributed by atoms with van der Waals surface area (Å²) in [7, 11) is -2.00. The predicted octanol–water partition coefficient (Wildman–Crippen LogP) is 1.03. The van der Waals surface area contributed by atoms with Gasteiger partial charge in [-0.25, -0.2) is 9.71 Å². The van der Waals surface area contributed by atoms with Crippen LogP contribution in [0.4, 0.5) is 5.95 Å². The number of hydrogen-bond donors (Lipinski definition) is 3. The lowest BCUT2D eigenvalue weighted by Gasteiger charge is -2.31. The summed E-state index contributed by atoms with van der Waals surface area (Å²) < 4.78 is 29.6. The van der Waals surface area contributed by atoms with Crippen molar-refractivity contribution in [2.75, 3.05) is 32.1 Å². The highest BCUT2D eigenvalue weighted by Crippen LogP contribution is 2.36. The van der Waals surface area contributed by atoms with E-state index in [1.54, 1.807) is 12.3 Å². The third-order valence-electron chi connectivity index (χ3n) is 6.76. The lowest BCUT2D eigenvalue weighted by molar-refractivity contribution is 0.298. The number of hydrogen-bond acceptors (Lipinski definition) is 7. The molecule has 2 aromatic rings. The average molecular weight is 465 g/mol. The lowest BCUT2D eigenvalue weighted by atomic mass is 10.0. The molecule has 1 aliphatic carbocycles. The normalized spacial score (nSPS) is 23.1. The number of aliphatic hydroxyl groups is 1. The Hall–Kier alpha value is -2.08. The Morgan fingerprint density at radius 3 is 2.59 bits per heavy atom. The Morgan fingerprint density at radius 2 is 1.97 bits per heavy atom. The molecule has 2 aromatic heterocycles. The predicted molar refractivity (Wildman–Crippen MR) is 123 cm³/mol. The third-order valence-corrected chi connectivity index (χ3v) is 8.32. The number of piperidine rings is 1. The Kier molecular flexibility index (Phi) is 6.80. The molecule has 4 rings (SSSR count). The number of aromatic nitrogens is 3. The van der Waals surface area contributed by atoms with Gasteiger partial charge in [-0.05, 0) is 37.7 Å². The highest BCUT2D eigenvalue weighted by atomic mass is 32.2. The zero-order chi connectivity index (χ0) is 22.9. The SMILES string of the molecule is CNS(=O)(=O)N1CCC(Nc2ncc3cc(CCO)c(=O)n([C@H]4CCC[C@H]4C)c3n2)CC1. The summed E-state index contributed by atoms with van der Waals surface area (Å²) >= 11 is 0. The summed E-state index contributed by atoms with van der Waals surface area (Å²) in [5.74, 6) is 0.825. The van der Waals surface area contributed by atoms with Crippen LogP contribution in [0.1, 0.15) is 50.6 Å². The van der Waals surface area contributed by atoms with Crippen LogP contribution in [0, 0.1) is 5.92 Å². The van der Waals surface area contributed by atoms with Crippen molar-refractivity contribution in [3.05, 3.63) is 28.2 Å². The van der Waals surface area contributed by atoms with Gasteiger partial charge in [0.15, 0.2) is 0 Å². The lowest BCUT2D eigenvalue weighted by Crippen LogP contribution is -2.46. The van der Waals surface area contributed by atoms with Gasteiger partial charge >= 0.3 is 0 Å². The molecule has 1 aliphatic heterocycles. The van der Waals surface area contributed by atoms with Gasteiger partial charge in [-0.2, -0.15) is 17.7 Å². The molecule has 10 nitrogen and oxygen atoms in total. The van der Waals surface area contributed by atoms with Crippen molar-refractivity contribution < 1.29 is 13.5 Å². The Bertz CT molecular complexity index is 1130. The monoisotopic (exact) mass is 464 g/mol. The number of rotatable bonds is 7. The fourth-order valence-corrected chi connectivity index (χ4v) is 5.87. The minimum atomic E-state index is -3.41. The van der Waals surface area contributed by atoms with E-state index in [9.17, 15) is 18.3 Å². The van der Waals surface area contributed by atoms with E-state index in [-0.39, 0.29) is 24.2 Å². The van der Waals surface area contributed by atoms with E-state index in [1.807, 2.05) is 4.57 Å². The van der Waals surface area contributed by atoms with E-state index in [0.717, 1.165) is 24.6 Å². The van der Waals surface area contributed by atoms with Crippen molar-refractivity contribution >= 4 is 27.2 Å². The average Bonchev–Trinajstić information content (AvgIpc) is 3.20. The quantitative estimate of drug-likeness (QED) is 0.558. The molecule has 1 saturated heterocycles. The first-order chi connectivity index (χ1) is 15.3. The summed E-state index contributed by atoms with van der Waals surface area (Å²) in [6, 6.07) is 1.92. The summed E-state index contributed by atoms with van der Waals surface area (Å²) in [5.41, 5.74) is 1.12. The highest BCUT2D eigenvalue weighted by Gasteiger charge is 2.29. The van der Waals surface area contributed by atoms with Gasteiger partial charge in [0.2, 0.25) is 5.95 Å². The second-order valence-corrected chi connectivity index (χ2v) is 10.7. The molecule has 0 spiro atoms. The van der Waals surface area contributed by atoms with Gasteiger partial charge in [0.05, 0.1) is 0 Å². The second-order valence-electron chi connectivity index (χ2n) is 8.79. The van der Waals surface area contributed by atoms with E-state index in [0.29, 0.717) is 55.4 Å². The second kappa shape index (κ2) is 9.42. The standard InChI is InChI=1S/C21H32N6O4S/c1-14-4-3-5-18(14)27-19-16(12-15(8-11-28)20(27)29)13-23-21(25-19)24-17-6-9-26(10-7-17)32(30,31)22-2/h12-14,17-18,22,28H,3-11H2,1-2H3,(H,23,24,25)/t14-,18+/m1/s1. The largest absolute Gasteiger partial charge is 0.396 e.